The van der Waals surface area contributed by atoms with Crippen molar-refractivity contribution in [1.29, 1.82) is 0 Å². The highest BCUT2D eigenvalue weighted by Gasteiger charge is 2.15. The van der Waals surface area contributed by atoms with E-state index in [0.29, 0.717) is 12.2 Å². The molecule has 0 spiro atoms. The fourth-order valence-electron chi connectivity index (χ4n) is 1.89. The maximum Gasteiger partial charge on any atom is 0.305 e. The third-order valence-corrected chi connectivity index (χ3v) is 2.80. The number of carboxylic acid groups (broad SMARTS) is 1. The summed E-state index contributed by atoms with van der Waals surface area (Å²) in [7, 11) is 0. The van der Waals surface area contributed by atoms with Gasteiger partial charge in [0, 0.05) is 30.9 Å². The maximum atomic E-state index is 10.9. The number of nitrogens with zero attached hydrogens (tertiary/aromatic N) is 2. The zero-order valence-corrected chi connectivity index (χ0v) is 11.6. The van der Waals surface area contributed by atoms with E-state index >= 15 is 0 Å². The molecule has 0 aromatic heterocycles. The lowest BCUT2D eigenvalue weighted by molar-refractivity contribution is -0.384. The van der Waals surface area contributed by atoms with Crippen LogP contribution < -0.4 is 4.90 Å². The molecule has 0 fully saturated rings. The van der Waals surface area contributed by atoms with Gasteiger partial charge in [0.15, 0.2) is 0 Å². The van der Waals surface area contributed by atoms with Gasteiger partial charge in [0.25, 0.3) is 5.69 Å². The lowest BCUT2D eigenvalue weighted by Crippen LogP contribution is -2.28. The maximum absolute atomic E-state index is 10.9. The highest BCUT2D eigenvalue weighted by Crippen LogP contribution is 2.26. The van der Waals surface area contributed by atoms with E-state index in [-0.39, 0.29) is 18.7 Å². The number of anilines is 1. The number of hydrogen-bond acceptors (Lipinski definition) is 4. The molecule has 6 heteroatoms. The van der Waals surface area contributed by atoms with Crippen LogP contribution in [-0.2, 0) is 4.79 Å². The highest BCUT2D eigenvalue weighted by molar-refractivity contribution is 5.68. The number of aryl methyl sites for hydroxylation is 1. The van der Waals surface area contributed by atoms with Crippen molar-refractivity contribution in [2.45, 2.75) is 20.3 Å². The van der Waals surface area contributed by atoms with Crippen LogP contribution in [0.3, 0.4) is 0 Å². The third-order valence-electron chi connectivity index (χ3n) is 2.80. The van der Waals surface area contributed by atoms with E-state index < -0.39 is 10.9 Å². The number of hydrogen-bond donors (Lipinski definition) is 1. The Morgan fingerprint density at radius 1 is 1.50 bits per heavy atom. The fraction of sp³-hybridized carbons (Fsp3) is 0.357. The standard InChI is InChI=1S/C14H18N2O4/c1-10(2)9-15(7-6-14(17)18)13-8-12(16(19)20)5-4-11(13)3/h4-5,8H,1,6-7,9H2,2-3H3,(H,17,18). The van der Waals surface area contributed by atoms with Crippen LogP contribution in [0.5, 0.6) is 0 Å². The van der Waals surface area contributed by atoms with Gasteiger partial charge in [-0.05, 0) is 19.4 Å². The van der Waals surface area contributed by atoms with Crippen molar-refractivity contribution in [2.75, 3.05) is 18.0 Å². The molecule has 20 heavy (non-hydrogen) atoms. The van der Waals surface area contributed by atoms with Crippen LogP contribution in [0.2, 0.25) is 0 Å². The summed E-state index contributed by atoms with van der Waals surface area (Å²) < 4.78 is 0. The molecule has 0 radical (unpaired) electrons. The molecule has 1 aromatic rings. The number of aliphatic carboxylic acids is 1. The number of non-ortho nitro benzene ring substituents is 1. The minimum absolute atomic E-state index is 0.00681. The van der Waals surface area contributed by atoms with Gasteiger partial charge in [-0.2, -0.15) is 0 Å². The highest BCUT2D eigenvalue weighted by atomic mass is 16.6. The van der Waals surface area contributed by atoms with Crippen LogP contribution in [0.1, 0.15) is 18.9 Å². The van der Waals surface area contributed by atoms with E-state index in [1.165, 1.54) is 12.1 Å². The summed E-state index contributed by atoms with van der Waals surface area (Å²) in [6.07, 6.45) is -0.0323. The first-order chi connectivity index (χ1) is 9.31. The summed E-state index contributed by atoms with van der Waals surface area (Å²) in [5.41, 5.74) is 2.39. The number of benzene rings is 1. The zero-order chi connectivity index (χ0) is 15.3. The Bertz CT molecular complexity index is 540. The summed E-state index contributed by atoms with van der Waals surface area (Å²) in [6.45, 7) is 8.23. The molecule has 108 valence electrons. The van der Waals surface area contributed by atoms with Crippen LogP contribution in [0.4, 0.5) is 11.4 Å². The number of carboxylic acids is 1. The van der Waals surface area contributed by atoms with Crippen LogP contribution in [0, 0.1) is 17.0 Å². The van der Waals surface area contributed by atoms with Gasteiger partial charge < -0.3 is 10.0 Å². The average Bonchev–Trinajstić information content (AvgIpc) is 2.34. The predicted octanol–water partition coefficient (Wildman–Crippen LogP) is 2.76. The quantitative estimate of drug-likeness (QED) is 0.471. The molecule has 0 saturated carbocycles. The normalized spacial score (nSPS) is 10.1. The van der Waals surface area contributed by atoms with Crippen molar-refractivity contribution in [1.82, 2.24) is 0 Å². The van der Waals surface area contributed by atoms with Gasteiger partial charge in [0.05, 0.1) is 11.3 Å². The topological polar surface area (TPSA) is 83.7 Å². The fourth-order valence-corrected chi connectivity index (χ4v) is 1.89. The Hall–Kier alpha value is -2.37. The van der Waals surface area contributed by atoms with Crippen LogP contribution in [-0.4, -0.2) is 29.1 Å². The Labute approximate surface area is 117 Å². The van der Waals surface area contributed by atoms with E-state index in [4.69, 9.17) is 5.11 Å². The number of nitro benzene ring substituents is 1. The minimum atomic E-state index is -0.903. The SMILES string of the molecule is C=C(C)CN(CCC(=O)O)c1cc([N+](=O)[O-])ccc1C. The van der Waals surface area contributed by atoms with Crippen molar-refractivity contribution in [3.05, 3.63) is 46.0 Å². The molecule has 1 aromatic carbocycles. The van der Waals surface area contributed by atoms with Gasteiger partial charge in [-0.15, -0.1) is 0 Å². The molecule has 0 bridgehead atoms. The van der Waals surface area contributed by atoms with E-state index in [0.717, 1.165) is 11.1 Å². The van der Waals surface area contributed by atoms with E-state index in [9.17, 15) is 14.9 Å². The molecule has 0 amide bonds. The summed E-state index contributed by atoms with van der Waals surface area (Å²) in [4.78, 5) is 22.9. The second kappa shape index (κ2) is 6.70. The number of carbonyl (C=O) groups is 1. The summed E-state index contributed by atoms with van der Waals surface area (Å²) >= 11 is 0. The summed E-state index contributed by atoms with van der Waals surface area (Å²) in [5.74, 6) is -0.903. The molecule has 0 heterocycles. The van der Waals surface area contributed by atoms with Gasteiger partial charge in [-0.1, -0.05) is 18.2 Å². The summed E-state index contributed by atoms with van der Waals surface area (Å²) in [5, 5.41) is 19.6. The number of nitro groups is 1. The second-order valence-electron chi connectivity index (χ2n) is 4.75. The van der Waals surface area contributed by atoms with Gasteiger partial charge >= 0.3 is 5.97 Å². The molecule has 0 saturated heterocycles. The average molecular weight is 278 g/mol. The van der Waals surface area contributed by atoms with Crippen LogP contribution >= 0.6 is 0 Å². The minimum Gasteiger partial charge on any atom is -0.481 e. The first-order valence-corrected chi connectivity index (χ1v) is 6.17. The van der Waals surface area contributed by atoms with Crippen molar-refractivity contribution in [2.24, 2.45) is 0 Å². The summed E-state index contributed by atoms with van der Waals surface area (Å²) in [6, 6.07) is 4.58. The van der Waals surface area contributed by atoms with Gasteiger partial charge in [0.1, 0.15) is 0 Å². The van der Waals surface area contributed by atoms with Gasteiger partial charge in [-0.25, -0.2) is 0 Å². The molecule has 0 unspecified atom stereocenters. The first kappa shape index (κ1) is 15.7. The van der Waals surface area contributed by atoms with Gasteiger partial charge in [0.2, 0.25) is 0 Å². The van der Waals surface area contributed by atoms with E-state index in [2.05, 4.69) is 6.58 Å². The molecular formula is C14H18N2O4. The Morgan fingerprint density at radius 3 is 2.65 bits per heavy atom. The Balaban J connectivity index is 3.10. The third kappa shape index (κ3) is 4.38. The number of rotatable bonds is 7. The van der Waals surface area contributed by atoms with Gasteiger partial charge in [-0.3, -0.25) is 14.9 Å². The Kier molecular flexibility index (Phi) is 5.25. The first-order valence-electron chi connectivity index (χ1n) is 6.17. The zero-order valence-electron chi connectivity index (χ0n) is 11.6. The van der Waals surface area contributed by atoms with Crippen LogP contribution in [0.15, 0.2) is 30.4 Å². The molecule has 1 N–H and O–H groups in total. The van der Waals surface area contributed by atoms with Crippen molar-refractivity contribution in [3.8, 4) is 0 Å². The molecule has 6 nitrogen and oxygen atoms in total. The molecule has 1 rings (SSSR count). The van der Waals surface area contributed by atoms with Crippen LogP contribution in [0.25, 0.3) is 0 Å². The Morgan fingerprint density at radius 2 is 2.15 bits per heavy atom. The predicted molar refractivity (Wildman–Crippen MR) is 77.1 cm³/mol. The largest absolute Gasteiger partial charge is 0.481 e. The molecule has 0 atom stereocenters. The smallest absolute Gasteiger partial charge is 0.305 e. The van der Waals surface area contributed by atoms with E-state index in [1.807, 2.05) is 13.8 Å². The monoisotopic (exact) mass is 278 g/mol. The molecule has 0 aliphatic rings. The lowest BCUT2D eigenvalue weighted by atomic mass is 10.1. The second-order valence-corrected chi connectivity index (χ2v) is 4.75. The van der Waals surface area contributed by atoms with E-state index in [1.54, 1.807) is 11.0 Å². The molecular weight excluding hydrogens is 260 g/mol. The van der Waals surface area contributed by atoms with Crippen molar-refractivity contribution < 1.29 is 14.8 Å². The molecule has 0 aliphatic heterocycles. The lowest BCUT2D eigenvalue weighted by Gasteiger charge is -2.26. The van der Waals surface area contributed by atoms with Crippen molar-refractivity contribution >= 4 is 17.3 Å². The molecule has 0 aliphatic carbocycles. The van der Waals surface area contributed by atoms with Crippen molar-refractivity contribution in [3.63, 3.8) is 0 Å².